The topological polar surface area (TPSA) is 86.7 Å². The van der Waals surface area contributed by atoms with Crippen LogP contribution in [-0.2, 0) is 10.0 Å². The predicted octanol–water partition coefficient (Wildman–Crippen LogP) is 2.74. The Morgan fingerprint density at radius 2 is 1.96 bits per heavy atom. The molecule has 0 saturated carbocycles. The number of anilines is 1. The van der Waals surface area contributed by atoms with Crippen LogP contribution in [0.25, 0.3) is 0 Å². The molecule has 2 aromatic rings. The molecule has 0 aliphatic heterocycles. The number of amides is 1. The van der Waals surface area contributed by atoms with Crippen LogP contribution in [0.4, 0.5) is 5.69 Å². The molecule has 0 aliphatic carbocycles. The van der Waals surface area contributed by atoms with E-state index in [1.165, 1.54) is 33.8 Å². The SMILES string of the molecule is CCN(CC)S(=O)(=O)c1ccc(O)c(NC(=O)c2cccs2)c1. The van der Waals surface area contributed by atoms with Crippen LogP contribution in [0.5, 0.6) is 5.75 Å². The van der Waals surface area contributed by atoms with Crippen molar-refractivity contribution in [1.29, 1.82) is 0 Å². The number of carbonyl (C=O) groups excluding carboxylic acids is 1. The second kappa shape index (κ2) is 7.12. The first kappa shape index (κ1) is 17.5. The molecule has 8 heteroatoms. The van der Waals surface area contributed by atoms with Gasteiger partial charge in [-0.25, -0.2) is 8.42 Å². The van der Waals surface area contributed by atoms with Gasteiger partial charge in [-0.05, 0) is 29.6 Å². The fourth-order valence-corrected chi connectivity index (χ4v) is 4.18. The van der Waals surface area contributed by atoms with Crippen LogP contribution in [0, 0.1) is 0 Å². The number of phenols is 1. The monoisotopic (exact) mass is 354 g/mol. The Kier molecular flexibility index (Phi) is 5.40. The quantitative estimate of drug-likeness (QED) is 0.781. The van der Waals surface area contributed by atoms with Gasteiger partial charge in [0.15, 0.2) is 0 Å². The normalized spacial score (nSPS) is 11.6. The maximum Gasteiger partial charge on any atom is 0.265 e. The number of hydrogen-bond acceptors (Lipinski definition) is 5. The minimum Gasteiger partial charge on any atom is -0.506 e. The van der Waals surface area contributed by atoms with Gasteiger partial charge in [-0.3, -0.25) is 4.79 Å². The van der Waals surface area contributed by atoms with E-state index in [1.807, 2.05) is 0 Å². The first-order chi connectivity index (χ1) is 10.9. The molecule has 2 N–H and O–H groups in total. The van der Waals surface area contributed by atoms with E-state index in [-0.39, 0.29) is 16.3 Å². The van der Waals surface area contributed by atoms with Crippen LogP contribution in [0.3, 0.4) is 0 Å². The summed E-state index contributed by atoms with van der Waals surface area (Å²) in [5.74, 6) is -0.582. The Hall–Kier alpha value is -1.90. The van der Waals surface area contributed by atoms with E-state index in [0.717, 1.165) is 0 Å². The second-order valence-electron chi connectivity index (χ2n) is 4.70. The zero-order valence-electron chi connectivity index (χ0n) is 12.8. The standard InChI is InChI=1S/C15H18N2O4S2/c1-3-17(4-2)23(20,21)11-7-8-13(18)12(10-11)16-15(19)14-6-5-9-22-14/h5-10,18H,3-4H2,1-2H3,(H,16,19). The molecule has 0 unspecified atom stereocenters. The molecule has 6 nitrogen and oxygen atoms in total. The summed E-state index contributed by atoms with van der Waals surface area (Å²) in [7, 11) is -3.66. The van der Waals surface area contributed by atoms with E-state index < -0.39 is 15.9 Å². The third-order valence-electron chi connectivity index (χ3n) is 3.30. The molecule has 124 valence electrons. The van der Waals surface area contributed by atoms with Crippen molar-refractivity contribution >= 4 is 33.0 Å². The highest BCUT2D eigenvalue weighted by Gasteiger charge is 2.23. The summed E-state index contributed by atoms with van der Waals surface area (Å²) in [6.07, 6.45) is 0. The van der Waals surface area contributed by atoms with E-state index in [9.17, 15) is 18.3 Å². The van der Waals surface area contributed by atoms with Gasteiger partial charge in [0.1, 0.15) is 5.75 Å². The molecule has 0 bridgehead atoms. The second-order valence-corrected chi connectivity index (χ2v) is 7.59. The number of nitrogens with zero attached hydrogens (tertiary/aromatic N) is 1. The molecule has 1 aromatic heterocycles. The van der Waals surface area contributed by atoms with Crippen molar-refractivity contribution in [3.05, 3.63) is 40.6 Å². The highest BCUT2D eigenvalue weighted by molar-refractivity contribution is 7.89. The van der Waals surface area contributed by atoms with Crippen molar-refractivity contribution in [3.8, 4) is 5.75 Å². The molecule has 1 aromatic carbocycles. The van der Waals surface area contributed by atoms with Gasteiger partial charge in [0.2, 0.25) is 10.0 Å². The van der Waals surface area contributed by atoms with Crippen molar-refractivity contribution in [2.24, 2.45) is 0 Å². The summed E-state index contributed by atoms with van der Waals surface area (Å²) in [6, 6.07) is 7.24. The number of benzene rings is 1. The van der Waals surface area contributed by atoms with Crippen molar-refractivity contribution < 1.29 is 18.3 Å². The fourth-order valence-electron chi connectivity index (χ4n) is 2.08. The van der Waals surface area contributed by atoms with Crippen LogP contribution in [0.2, 0.25) is 0 Å². The van der Waals surface area contributed by atoms with Gasteiger partial charge < -0.3 is 10.4 Å². The average molecular weight is 354 g/mol. The molecule has 1 heterocycles. The summed E-state index contributed by atoms with van der Waals surface area (Å²) >= 11 is 1.26. The minimum atomic E-state index is -3.66. The molecule has 0 spiro atoms. The summed E-state index contributed by atoms with van der Waals surface area (Å²) < 4.78 is 26.3. The van der Waals surface area contributed by atoms with Crippen molar-refractivity contribution in [3.63, 3.8) is 0 Å². The van der Waals surface area contributed by atoms with Gasteiger partial charge in [-0.15, -0.1) is 11.3 Å². The summed E-state index contributed by atoms with van der Waals surface area (Å²) in [4.78, 5) is 12.6. The number of phenolic OH excluding ortho intramolecular Hbond substituents is 1. The summed E-state index contributed by atoms with van der Waals surface area (Å²) in [5, 5.41) is 14.2. The van der Waals surface area contributed by atoms with Crippen LogP contribution in [0.1, 0.15) is 23.5 Å². The Morgan fingerprint density at radius 1 is 1.26 bits per heavy atom. The highest BCUT2D eigenvalue weighted by Crippen LogP contribution is 2.28. The first-order valence-corrected chi connectivity index (χ1v) is 9.40. The molecule has 0 radical (unpaired) electrons. The molecular weight excluding hydrogens is 336 g/mol. The van der Waals surface area contributed by atoms with E-state index in [1.54, 1.807) is 31.4 Å². The molecule has 0 saturated heterocycles. The number of nitrogens with one attached hydrogen (secondary N) is 1. The number of carbonyl (C=O) groups is 1. The van der Waals surface area contributed by atoms with E-state index in [0.29, 0.717) is 18.0 Å². The van der Waals surface area contributed by atoms with Gasteiger partial charge in [0, 0.05) is 13.1 Å². The predicted molar refractivity (Wildman–Crippen MR) is 90.5 cm³/mol. The lowest BCUT2D eigenvalue weighted by Crippen LogP contribution is -2.30. The van der Waals surface area contributed by atoms with Crippen LogP contribution >= 0.6 is 11.3 Å². The van der Waals surface area contributed by atoms with Crippen molar-refractivity contribution in [1.82, 2.24) is 4.31 Å². The number of rotatable bonds is 6. The Bertz CT molecular complexity index is 782. The third-order valence-corrected chi connectivity index (χ3v) is 6.22. The van der Waals surface area contributed by atoms with Crippen molar-refractivity contribution in [2.45, 2.75) is 18.7 Å². The number of hydrogen-bond donors (Lipinski definition) is 2. The molecule has 23 heavy (non-hydrogen) atoms. The van der Waals surface area contributed by atoms with E-state index >= 15 is 0 Å². The van der Waals surface area contributed by atoms with Crippen LogP contribution < -0.4 is 5.32 Å². The summed E-state index contributed by atoms with van der Waals surface area (Å²) in [5.41, 5.74) is 0.0663. The Morgan fingerprint density at radius 3 is 2.52 bits per heavy atom. The minimum absolute atomic E-state index is 0.0282. The number of sulfonamides is 1. The summed E-state index contributed by atoms with van der Waals surface area (Å²) in [6.45, 7) is 4.19. The first-order valence-electron chi connectivity index (χ1n) is 7.08. The Balaban J connectivity index is 2.34. The zero-order chi connectivity index (χ0) is 17.0. The van der Waals surface area contributed by atoms with Gasteiger partial charge >= 0.3 is 0 Å². The van der Waals surface area contributed by atoms with Gasteiger partial charge in [-0.2, -0.15) is 4.31 Å². The maximum absolute atomic E-state index is 12.5. The molecule has 2 rings (SSSR count). The number of thiophene rings is 1. The maximum atomic E-state index is 12.5. The molecule has 0 fully saturated rings. The van der Waals surface area contributed by atoms with Gasteiger partial charge in [-0.1, -0.05) is 19.9 Å². The lowest BCUT2D eigenvalue weighted by Gasteiger charge is -2.19. The van der Waals surface area contributed by atoms with E-state index in [2.05, 4.69) is 5.32 Å². The molecule has 1 amide bonds. The molecule has 0 atom stereocenters. The van der Waals surface area contributed by atoms with Crippen LogP contribution in [0.15, 0.2) is 40.6 Å². The van der Waals surface area contributed by atoms with Crippen molar-refractivity contribution in [2.75, 3.05) is 18.4 Å². The smallest absolute Gasteiger partial charge is 0.265 e. The lowest BCUT2D eigenvalue weighted by molar-refractivity contribution is 0.103. The van der Waals surface area contributed by atoms with E-state index in [4.69, 9.17) is 0 Å². The molecular formula is C15H18N2O4S2. The van der Waals surface area contributed by atoms with Crippen LogP contribution in [-0.4, -0.2) is 36.8 Å². The largest absolute Gasteiger partial charge is 0.506 e. The lowest BCUT2D eigenvalue weighted by atomic mass is 10.3. The fraction of sp³-hybridized carbons (Fsp3) is 0.267. The molecule has 0 aliphatic rings. The average Bonchev–Trinajstić information content (AvgIpc) is 3.04. The Labute approximate surface area is 139 Å². The van der Waals surface area contributed by atoms with Gasteiger partial charge in [0.25, 0.3) is 5.91 Å². The number of aromatic hydroxyl groups is 1. The van der Waals surface area contributed by atoms with Gasteiger partial charge in [0.05, 0.1) is 15.5 Å². The third kappa shape index (κ3) is 3.72. The highest BCUT2D eigenvalue weighted by atomic mass is 32.2. The zero-order valence-corrected chi connectivity index (χ0v) is 14.4.